The minimum absolute atomic E-state index is 0.0819. The summed E-state index contributed by atoms with van der Waals surface area (Å²) in [5.41, 5.74) is -0.101. The largest absolute Gasteiger partial charge is 0.494 e. The molecule has 0 saturated carbocycles. The summed E-state index contributed by atoms with van der Waals surface area (Å²) in [6.45, 7) is 3.03. The number of hydrogen-bond acceptors (Lipinski definition) is 8. The number of halogens is 3. The first-order chi connectivity index (χ1) is 23.0. The molecule has 0 radical (unpaired) electrons. The zero-order valence-electron chi connectivity index (χ0n) is 25.9. The molecule has 1 aliphatic heterocycles. The zero-order chi connectivity index (χ0) is 34.3. The van der Waals surface area contributed by atoms with Gasteiger partial charge in [-0.2, -0.15) is 17.5 Å². The van der Waals surface area contributed by atoms with Crippen molar-refractivity contribution in [1.82, 2.24) is 24.4 Å². The highest BCUT2D eigenvalue weighted by Crippen LogP contribution is 2.32. The van der Waals surface area contributed by atoms with Crippen molar-refractivity contribution in [3.8, 4) is 11.4 Å². The fourth-order valence-electron chi connectivity index (χ4n) is 5.01. The van der Waals surface area contributed by atoms with E-state index in [9.17, 15) is 31.2 Å². The van der Waals surface area contributed by atoms with Crippen LogP contribution in [0.5, 0.6) is 5.75 Å². The highest BCUT2D eigenvalue weighted by Gasteiger charge is 2.31. The lowest BCUT2D eigenvalue weighted by Crippen LogP contribution is -2.35. The molecule has 1 aromatic heterocycles. The number of nitrogens with zero attached hydrogens (tertiary/aromatic N) is 4. The normalized spacial score (nSPS) is 14.0. The predicted molar refractivity (Wildman–Crippen MR) is 174 cm³/mol. The summed E-state index contributed by atoms with van der Waals surface area (Å²) in [4.78, 5) is 25.8. The number of amides is 2. The van der Waals surface area contributed by atoms with E-state index < -0.39 is 27.7 Å². The van der Waals surface area contributed by atoms with Crippen LogP contribution in [0.15, 0.2) is 82.8 Å². The molecule has 0 aliphatic carbocycles. The second-order valence-electron chi connectivity index (χ2n) is 10.7. The number of hydrogen-bond donors (Lipinski definition) is 2. The Bertz CT molecular complexity index is 1840. The Morgan fingerprint density at radius 1 is 0.958 bits per heavy atom. The summed E-state index contributed by atoms with van der Waals surface area (Å²) in [5.74, 6) is -0.315. The lowest BCUT2D eigenvalue weighted by atomic mass is 10.2. The molecule has 0 bridgehead atoms. The van der Waals surface area contributed by atoms with Gasteiger partial charge in [0.2, 0.25) is 15.9 Å². The maximum absolute atomic E-state index is 13.6. The molecule has 1 aliphatic rings. The van der Waals surface area contributed by atoms with Crippen LogP contribution in [0.3, 0.4) is 0 Å². The summed E-state index contributed by atoms with van der Waals surface area (Å²) in [5, 5.41) is 13.8. The van der Waals surface area contributed by atoms with Crippen LogP contribution in [0, 0.1) is 0 Å². The zero-order valence-corrected chi connectivity index (χ0v) is 27.5. The Balaban J connectivity index is 1.31. The van der Waals surface area contributed by atoms with Gasteiger partial charge < -0.3 is 15.4 Å². The average Bonchev–Trinajstić information content (AvgIpc) is 3.50. The maximum atomic E-state index is 13.6. The summed E-state index contributed by atoms with van der Waals surface area (Å²) in [6.07, 6.45) is -2.05. The quantitative estimate of drug-likeness (QED) is 0.184. The van der Waals surface area contributed by atoms with Crippen molar-refractivity contribution in [1.29, 1.82) is 0 Å². The smallest absolute Gasteiger partial charge is 0.416 e. The second kappa shape index (κ2) is 15.2. The lowest BCUT2D eigenvalue weighted by Gasteiger charge is -2.25. The number of thioether (sulfide) groups is 1. The number of carbonyl (C=O) groups excluding carboxylic acids is 2. The van der Waals surface area contributed by atoms with Crippen LogP contribution in [0.4, 0.5) is 18.9 Å². The molecule has 2 heterocycles. The molecule has 1 fully saturated rings. The topological polar surface area (TPSA) is 136 Å². The third-order valence-corrected chi connectivity index (χ3v) is 10.2. The maximum Gasteiger partial charge on any atom is 0.416 e. The predicted octanol–water partition coefficient (Wildman–Crippen LogP) is 5.52. The van der Waals surface area contributed by atoms with E-state index in [4.69, 9.17) is 4.74 Å². The van der Waals surface area contributed by atoms with Crippen molar-refractivity contribution in [2.75, 3.05) is 30.8 Å². The van der Waals surface area contributed by atoms with E-state index in [2.05, 4.69) is 20.8 Å². The molecule has 0 atom stereocenters. The molecule has 16 heteroatoms. The van der Waals surface area contributed by atoms with Crippen molar-refractivity contribution in [2.45, 2.75) is 49.0 Å². The van der Waals surface area contributed by atoms with E-state index in [-0.39, 0.29) is 45.3 Å². The van der Waals surface area contributed by atoms with E-state index >= 15 is 0 Å². The van der Waals surface area contributed by atoms with E-state index in [1.54, 1.807) is 24.3 Å². The van der Waals surface area contributed by atoms with Gasteiger partial charge in [0, 0.05) is 24.3 Å². The molecule has 11 nitrogen and oxygen atoms in total. The molecule has 5 rings (SSSR count). The fourth-order valence-corrected chi connectivity index (χ4v) is 7.30. The molecule has 0 spiro atoms. The third kappa shape index (κ3) is 8.54. The van der Waals surface area contributed by atoms with Gasteiger partial charge in [-0.15, -0.1) is 10.2 Å². The number of nitrogens with one attached hydrogen (secondary N) is 2. The van der Waals surface area contributed by atoms with Gasteiger partial charge in [0.15, 0.2) is 11.0 Å². The molecule has 2 amide bonds. The monoisotopic (exact) mass is 702 g/mol. The first-order valence-electron chi connectivity index (χ1n) is 15.1. The van der Waals surface area contributed by atoms with Gasteiger partial charge >= 0.3 is 6.18 Å². The summed E-state index contributed by atoms with van der Waals surface area (Å²) < 4.78 is 74.9. The molecule has 254 valence electrons. The summed E-state index contributed by atoms with van der Waals surface area (Å²) in [7, 11) is -3.68. The Labute approximate surface area is 279 Å². The van der Waals surface area contributed by atoms with Crippen LogP contribution in [0.25, 0.3) is 5.69 Å². The van der Waals surface area contributed by atoms with Gasteiger partial charge in [0.05, 0.1) is 35.1 Å². The second-order valence-corrected chi connectivity index (χ2v) is 13.6. The number of carbonyl (C=O) groups is 2. The Hall–Kier alpha value is -4.41. The number of aromatic nitrogens is 3. The van der Waals surface area contributed by atoms with Crippen molar-refractivity contribution in [3.05, 3.63) is 89.7 Å². The molecular formula is C32H33F3N6O5S2. The minimum Gasteiger partial charge on any atom is -0.494 e. The van der Waals surface area contributed by atoms with Crippen molar-refractivity contribution in [2.24, 2.45) is 0 Å². The summed E-state index contributed by atoms with van der Waals surface area (Å²) in [6, 6.07) is 16.9. The highest BCUT2D eigenvalue weighted by atomic mass is 32.2. The van der Waals surface area contributed by atoms with Crippen LogP contribution >= 0.6 is 11.8 Å². The third-order valence-electron chi connectivity index (χ3n) is 7.39. The van der Waals surface area contributed by atoms with E-state index in [1.807, 2.05) is 6.92 Å². The molecule has 2 N–H and O–H groups in total. The highest BCUT2D eigenvalue weighted by molar-refractivity contribution is 7.99. The Kier molecular flexibility index (Phi) is 11.1. The Morgan fingerprint density at radius 2 is 1.67 bits per heavy atom. The van der Waals surface area contributed by atoms with E-state index in [0.29, 0.717) is 31.1 Å². The van der Waals surface area contributed by atoms with Crippen molar-refractivity contribution in [3.63, 3.8) is 0 Å². The molecule has 48 heavy (non-hydrogen) atoms. The standard InChI is InChI=1S/C32H33F3N6O5S2/c1-2-46-26-13-11-24(12-14-26)37-29(42)21-47-31-39-38-28(41(31)25-8-6-7-23(19-25)32(33,34)35)20-36-30(43)22-9-15-27(16-10-22)48(44,45)40-17-4-3-5-18-40/h6-16,19H,2-5,17-18,20-21H2,1H3,(H,36,43)(H,37,42). The molecule has 1 saturated heterocycles. The first-order valence-corrected chi connectivity index (χ1v) is 17.5. The molecular weight excluding hydrogens is 670 g/mol. The van der Waals surface area contributed by atoms with Gasteiger partial charge in [-0.3, -0.25) is 14.2 Å². The fraction of sp³-hybridized carbons (Fsp3) is 0.312. The van der Waals surface area contributed by atoms with Crippen molar-refractivity contribution < 1.29 is 35.9 Å². The lowest BCUT2D eigenvalue weighted by molar-refractivity contribution is -0.137. The number of sulfonamides is 1. The molecule has 0 unspecified atom stereocenters. The van der Waals surface area contributed by atoms with Gasteiger partial charge in [0.25, 0.3) is 5.91 Å². The molecule has 4 aromatic rings. The first kappa shape index (κ1) is 34.9. The van der Waals surface area contributed by atoms with Gasteiger partial charge in [0.1, 0.15) is 5.75 Å². The number of ether oxygens (including phenoxy) is 1. The number of piperidine rings is 1. The van der Waals surface area contributed by atoms with Crippen LogP contribution in [-0.4, -0.2) is 64.8 Å². The van der Waals surface area contributed by atoms with Gasteiger partial charge in [-0.05, 0) is 86.5 Å². The van der Waals surface area contributed by atoms with Gasteiger partial charge in [-0.25, -0.2) is 8.42 Å². The number of alkyl halides is 3. The number of anilines is 1. The number of rotatable bonds is 12. The van der Waals surface area contributed by atoms with Crippen molar-refractivity contribution >= 4 is 39.3 Å². The minimum atomic E-state index is -4.61. The van der Waals surface area contributed by atoms with E-state index in [1.165, 1.54) is 45.3 Å². The number of benzene rings is 3. The summed E-state index contributed by atoms with van der Waals surface area (Å²) >= 11 is 0.959. The van der Waals surface area contributed by atoms with Crippen LogP contribution < -0.4 is 15.4 Å². The SMILES string of the molecule is CCOc1ccc(NC(=O)CSc2nnc(CNC(=O)c3ccc(S(=O)(=O)N4CCCCC4)cc3)n2-c2cccc(C(F)(F)F)c2)cc1. The average molecular weight is 703 g/mol. The van der Waals surface area contributed by atoms with E-state index in [0.717, 1.165) is 43.2 Å². The van der Waals surface area contributed by atoms with Gasteiger partial charge in [-0.1, -0.05) is 24.2 Å². The van der Waals surface area contributed by atoms with Crippen LogP contribution in [0.1, 0.15) is 47.9 Å². The molecule has 3 aromatic carbocycles. The van der Waals surface area contributed by atoms with Crippen LogP contribution in [-0.2, 0) is 27.5 Å². The van der Waals surface area contributed by atoms with Crippen LogP contribution in [0.2, 0.25) is 0 Å². The Morgan fingerprint density at radius 3 is 2.33 bits per heavy atom.